The number of nitrogens with zero attached hydrogens (tertiary/aromatic N) is 3. The molecule has 0 atom stereocenters. The molecule has 1 fully saturated rings. The van der Waals surface area contributed by atoms with Gasteiger partial charge in [-0.1, -0.05) is 18.2 Å². The van der Waals surface area contributed by atoms with E-state index in [0.717, 1.165) is 30.3 Å². The van der Waals surface area contributed by atoms with E-state index in [1.807, 2.05) is 29.2 Å². The first-order valence-corrected chi connectivity index (χ1v) is 7.24. The van der Waals surface area contributed by atoms with E-state index in [2.05, 4.69) is 10.4 Å². The molecule has 1 saturated heterocycles. The molecular formula is C15H18N4O2. The summed E-state index contributed by atoms with van der Waals surface area (Å²) in [7, 11) is 0. The second-order valence-electron chi connectivity index (χ2n) is 5.19. The van der Waals surface area contributed by atoms with Crippen molar-refractivity contribution in [2.45, 2.75) is 19.3 Å². The van der Waals surface area contributed by atoms with Gasteiger partial charge in [-0.3, -0.25) is 4.79 Å². The molecule has 2 heterocycles. The van der Waals surface area contributed by atoms with E-state index in [1.54, 1.807) is 6.20 Å². The number of amides is 2. The van der Waals surface area contributed by atoms with Crippen LogP contribution in [0.2, 0.25) is 0 Å². The Morgan fingerprint density at radius 1 is 1.33 bits per heavy atom. The average Bonchev–Trinajstić information content (AvgIpc) is 3.10. The highest BCUT2D eigenvalue weighted by molar-refractivity contribution is 5.89. The number of likely N-dealkylation sites (tertiary alicyclic amines) is 1. The Kier molecular flexibility index (Phi) is 3.85. The Morgan fingerprint density at radius 2 is 2.19 bits per heavy atom. The van der Waals surface area contributed by atoms with Gasteiger partial charge in [0.15, 0.2) is 0 Å². The summed E-state index contributed by atoms with van der Waals surface area (Å²) in [6, 6.07) is 7.35. The molecule has 3 rings (SSSR count). The van der Waals surface area contributed by atoms with Crippen molar-refractivity contribution in [1.29, 1.82) is 0 Å². The zero-order valence-electron chi connectivity index (χ0n) is 11.8. The van der Waals surface area contributed by atoms with Crippen molar-refractivity contribution in [3.63, 3.8) is 0 Å². The summed E-state index contributed by atoms with van der Waals surface area (Å²) in [5.74, 6) is 0.222. The van der Waals surface area contributed by atoms with Gasteiger partial charge in [0.2, 0.25) is 5.91 Å². The largest absolute Gasteiger partial charge is 0.343 e. The first-order chi connectivity index (χ1) is 10.3. The molecule has 1 aromatic carbocycles. The number of aromatic nitrogens is 2. The van der Waals surface area contributed by atoms with Crippen molar-refractivity contribution >= 4 is 22.8 Å². The molecule has 21 heavy (non-hydrogen) atoms. The van der Waals surface area contributed by atoms with E-state index >= 15 is 0 Å². The topological polar surface area (TPSA) is 67.2 Å². The molecule has 2 aromatic rings. The third kappa shape index (κ3) is 2.89. The number of carbonyl (C=O) groups is 2. The summed E-state index contributed by atoms with van der Waals surface area (Å²) in [6.07, 6.45) is 4.05. The lowest BCUT2D eigenvalue weighted by atomic mass is 10.3. The molecule has 1 aliphatic heterocycles. The van der Waals surface area contributed by atoms with E-state index in [0.29, 0.717) is 19.5 Å². The Labute approximate surface area is 122 Å². The average molecular weight is 286 g/mol. The maximum atomic E-state index is 12.1. The SMILES string of the molecule is O=C1CCCN1CCCNC(=O)n1ncc2ccccc21. The van der Waals surface area contributed by atoms with Crippen LogP contribution in [0.4, 0.5) is 4.79 Å². The van der Waals surface area contributed by atoms with Crippen LogP contribution in [0.1, 0.15) is 19.3 Å². The zero-order chi connectivity index (χ0) is 14.7. The number of carbonyl (C=O) groups excluding carboxylic acids is 2. The number of para-hydroxylation sites is 1. The standard InChI is InChI=1S/C15H18N4O2/c20-14-7-3-9-18(14)10-4-8-16-15(21)19-13-6-2-1-5-12(13)11-17-19/h1-2,5-6,11H,3-4,7-10H2,(H,16,21). The number of rotatable bonds is 4. The minimum Gasteiger partial charge on any atom is -0.343 e. The third-order valence-corrected chi connectivity index (χ3v) is 3.72. The summed E-state index contributed by atoms with van der Waals surface area (Å²) in [5, 5.41) is 7.88. The molecule has 0 spiro atoms. The van der Waals surface area contributed by atoms with Crippen LogP contribution in [0, 0.1) is 0 Å². The van der Waals surface area contributed by atoms with Gasteiger partial charge in [0.1, 0.15) is 0 Å². The van der Waals surface area contributed by atoms with Crippen LogP contribution in [0.3, 0.4) is 0 Å². The minimum absolute atomic E-state index is 0.222. The van der Waals surface area contributed by atoms with E-state index in [-0.39, 0.29) is 11.9 Å². The molecule has 1 N–H and O–H groups in total. The van der Waals surface area contributed by atoms with Crippen molar-refractivity contribution in [3.05, 3.63) is 30.5 Å². The zero-order valence-corrected chi connectivity index (χ0v) is 11.8. The number of nitrogens with one attached hydrogen (secondary N) is 1. The second-order valence-corrected chi connectivity index (χ2v) is 5.19. The van der Waals surface area contributed by atoms with Crippen LogP contribution < -0.4 is 5.32 Å². The van der Waals surface area contributed by atoms with Gasteiger partial charge >= 0.3 is 6.03 Å². The summed E-state index contributed by atoms with van der Waals surface area (Å²) < 4.78 is 1.37. The lowest BCUT2D eigenvalue weighted by Crippen LogP contribution is -2.33. The van der Waals surface area contributed by atoms with Gasteiger partial charge in [-0.15, -0.1) is 0 Å². The molecule has 0 radical (unpaired) electrons. The molecule has 1 aliphatic rings. The Hall–Kier alpha value is -2.37. The number of benzene rings is 1. The molecule has 6 nitrogen and oxygen atoms in total. The highest BCUT2D eigenvalue weighted by Crippen LogP contribution is 2.12. The number of fused-ring (bicyclic) bond motifs is 1. The molecule has 2 amide bonds. The van der Waals surface area contributed by atoms with Crippen LogP contribution in [0.5, 0.6) is 0 Å². The summed E-state index contributed by atoms with van der Waals surface area (Å²) in [4.78, 5) is 25.4. The van der Waals surface area contributed by atoms with Gasteiger partial charge in [0.25, 0.3) is 0 Å². The molecule has 110 valence electrons. The van der Waals surface area contributed by atoms with Gasteiger partial charge in [0.05, 0.1) is 11.7 Å². The van der Waals surface area contributed by atoms with Crippen molar-refractivity contribution < 1.29 is 9.59 Å². The number of hydrogen-bond donors (Lipinski definition) is 1. The Balaban J connectivity index is 1.51. The van der Waals surface area contributed by atoms with Gasteiger partial charge in [-0.25, -0.2) is 4.79 Å². The number of hydrogen-bond acceptors (Lipinski definition) is 3. The summed E-state index contributed by atoms with van der Waals surface area (Å²) in [5.41, 5.74) is 0.796. The summed E-state index contributed by atoms with van der Waals surface area (Å²) >= 11 is 0. The predicted molar refractivity (Wildman–Crippen MR) is 79.0 cm³/mol. The highest BCUT2D eigenvalue weighted by atomic mass is 16.2. The van der Waals surface area contributed by atoms with Gasteiger partial charge in [0, 0.05) is 31.4 Å². The maximum absolute atomic E-state index is 12.1. The van der Waals surface area contributed by atoms with Crippen LogP contribution >= 0.6 is 0 Å². The first-order valence-electron chi connectivity index (χ1n) is 7.24. The van der Waals surface area contributed by atoms with Gasteiger partial charge in [-0.05, 0) is 18.9 Å². The highest BCUT2D eigenvalue weighted by Gasteiger charge is 2.19. The Morgan fingerprint density at radius 3 is 3.00 bits per heavy atom. The predicted octanol–water partition coefficient (Wildman–Crippen LogP) is 1.61. The van der Waals surface area contributed by atoms with E-state index < -0.39 is 0 Å². The normalized spacial score (nSPS) is 14.9. The Bertz CT molecular complexity index is 664. The lowest BCUT2D eigenvalue weighted by Gasteiger charge is -2.15. The third-order valence-electron chi connectivity index (χ3n) is 3.72. The van der Waals surface area contributed by atoms with Crippen LogP contribution in [-0.4, -0.2) is 46.3 Å². The van der Waals surface area contributed by atoms with Crippen LogP contribution in [-0.2, 0) is 4.79 Å². The lowest BCUT2D eigenvalue weighted by molar-refractivity contribution is -0.127. The molecule has 1 aromatic heterocycles. The fourth-order valence-electron chi connectivity index (χ4n) is 2.61. The van der Waals surface area contributed by atoms with E-state index in [4.69, 9.17) is 0 Å². The fourth-order valence-corrected chi connectivity index (χ4v) is 2.61. The van der Waals surface area contributed by atoms with E-state index in [9.17, 15) is 9.59 Å². The summed E-state index contributed by atoms with van der Waals surface area (Å²) in [6.45, 7) is 2.09. The van der Waals surface area contributed by atoms with Crippen molar-refractivity contribution in [2.24, 2.45) is 0 Å². The minimum atomic E-state index is -0.232. The van der Waals surface area contributed by atoms with Crippen LogP contribution in [0.15, 0.2) is 30.5 Å². The second kappa shape index (κ2) is 5.95. The van der Waals surface area contributed by atoms with Crippen molar-refractivity contribution in [2.75, 3.05) is 19.6 Å². The smallest absolute Gasteiger partial charge is 0.342 e. The molecular weight excluding hydrogens is 268 g/mol. The maximum Gasteiger partial charge on any atom is 0.342 e. The molecule has 0 bridgehead atoms. The molecule has 0 unspecified atom stereocenters. The molecule has 0 saturated carbocycles. The molecule has 0 aliphatic carbocycles. The first kappa shape index (κ1) is 13.6. The molecule has 6 heteroatoms. The fraction of sp³-hybridized carbons (Fsp3) is 0.400. The van der Waals surface area contributed by atoms with Crippen molar-refractivity contribution in [3.8, 4) is 0 Å². The van der Waals surface area contributed by atoms with Gasteiger partial charge in [-0.2, -0.15) is 9.78 Å². The quantitative estimate of drug-likeness (QED) is 0.868. The van der Waals surface area contributed by atoms with Gasteiger partial charge < -0.3 is 10.2 Å². The van der Waals surface area contributed by atoms with E-state index in [1.165, 1.54) is 4.68 Å². The monoisotopic (exact) mass is 286 g/mol. The van der Waals surface area contributed by atoms with Crippen molar-refractivity contribution in [1.82, 2.24) is 20.0 Å². The van der Waals surface area contributed by atoms with Crippen LogP contribution in [0.25, 0.3) is 10.9 Å².